The number of fused-ring (bicyclic) bond motifs is 1. The molecular formula is C12H12N4O. The topological polar surface area (TPSA) is 69.9 Å². The van der Waals surface area contributed by atoms with Crippen LogP contribution >= 0.6 is 0 Å². The van der Waals surface area contributed by atoms with Crippen molar-refractivity contribution in [2.24, 2.45) is 0 Å². The van der Waals surface area contributed by atoms with E-state index in [1.165, 1.54) is 5.56 Å². The molecule has 5 nitrogen and oxygen atoms in total. The zero-order chi connectivity index (χ0) is 11.8. The molecule has 0 radical (unpaired) electrons. The van der Waals surface area contributed by atoms with E-state index in [9.17, 15) is 0 Å². The van der Waals surface area contributed by atoms with Gasteiger partial charge < -0.3 is 10.2 Å². The van der Waals surface area contributed by atoms with E-state index in [2.05, 4.69) is 10.1 Å². The van der Waals surface area contributed by atoms with Gasteiger partial charge >= 0.3 is 0 Å². The minimum absolute atomic E-state index is 0.491. The maximum Gasteiger partial charge on any atom is 0.217 e. The minimum atomic E-state index is 0.491. The molecule has 0 unspecified atom stereocenters. The number of aromatic nitrogens is 3. The normalized spacial score (nSPS) is 11.1. The first kappa shape index (κ1) is 9.89. The van der Waals surface area contributed by atoms with Crippen molar-refractivity contribution in [2.45, 2.75) is 13.5 Å². The van der Waals surface area contributed by atoms with Crippen molar-refractivity contribution in [3.05, 3.63) is 42.0 Å². The number of anilines is 1. The van der Waals surface area contributed by atoms with Gasteiger partial charge in [-0.05, 0) is 24.6 Å². The van der Waals surface area contributed by atoms with E-state index in [1.807, 2.05) is 25.1 Å². The lowest BCUT2D eigenvalue weighted by molar-refractivity contribution is 0.491. The molecule has 86 valence electrons. The van der Waals surface area contributed by atoms with Crippen molar-refractivity contribution in [2.75, 3.05) is 5.73 Å². The third kappa shape index (κ3) is 1.87. The fourth-order valence-corrected chi connectivity index (χ4v) is 1.76. The van der Waals surface area contributed by atoms with Crippen LogP contribution in [0.15, 0.2) is 35.0 Å². The summed E-state index contributed by atoms with van der Waals surface area (Å²) in [6.07, 6.45) is 3.35. The molecule has 0 aliphatic carbocycles. The van der Waals surface area contributed by atoms with Crippen molar-refractivity contribution in [1.82, 2.24) is 14.8 Å². The van der Waals surface area contributed by atoms with Crippen LogP contribution in [-0.2, 0) is 6.54 Å². The maximum atomic E-state index is 5.62. The van der Waals surface area contributed by atoms with Crippen LogP contribution in [0.5, 0.6) is 0 Å². The lowest BCUT2D eigenvalue weighted by atomic mass is 10.2. The zero-order valence-electron chi connectivity index (χ0n) is 9.42. The molecule has 2 heterocycles. The van der Waals surface area contributed by atoms with Crippen LogP contribution in [0.25, 0.3) is 11.1 Å². The molecule has 2 aromatic heterocycles. The second-order valence-corrected chi connectivity index (χ2v) is 4.05. The highest BCUT2D eigenvalue weighted by molar-refractivity contribution is 5.73. The zero-order valence-corrected chi connectivity index (χ0v) is 9.42. The average molecular weight is 228 g/mol. The Hall–Kier alpha value is -2.30. The Labute approximate surface area is 97.9 Å². The average Bonchev–Trinajstić information content (AvgIpc) is 2.84. The van der Waals surface area contributed by atoms with Gasteiger partial charge in [0.05, 0.1) is 11.9 Å². The molecule has 0 spiro atoms. The van der Waals surface area contributed by atoms with Gasteiger partial charge in [-0.3, -0.25) is 4.68 Å². The predicted molar refractivity (Wildman–Crippen MR) is 64.5 cm³/mol. The summed E-state index contributed by atoms with van der Waals surface area (Å²) in [6, 6.07) is 5.93. The molecule has 3 rings (SSSR count). The molecule has 2 N–H and O–H groups in total. The molecule has 0 saturated heterocycles. The molecule has 0 atom stereocenters. The fraction of sp³-hybridized carbons (Fsp3) is 0.167. The third-order valence-electron chi connectivity index (χ3n) is 2.54. The quantitative estimate of drug-likeness (QED) is 0.728. The van der Waals surface area contributed by atoms with Crippen molar-refractivity contribution in [3.8, 4) is 0 Å². The number of benzene rings is 1. The predicted octanol–water partition coefficient (Wildman–Crippen LogP) is 1.96. The van der Waals surface area contributed by atoms with Crippen LogP contribution in [0.4, 0.5) is 5.69 Å². The highest BCUT2D eigenvalue weighted by Gasteiger charge is 2.06. The first-order chi connectivity index (χ1) is 8.20. The van der Waals surface area contributed by atoms with Gasteiger partial charge in [-0.25, -0.2) is 4.98 Å². The number of hydrogen-bond donors (Lipinski definition) is 1. The first-order valence-corrected chi connectivity index (χ1v) is 5.35. The molecule has 0 bridgehead atoms. The molecule has 5 heteroatoms. The van der Waals surface area contributed by atoms with Crippen molar-refractivity contribution >= 4 is 16.8 Å². The summed E-state index contributed by atoms with van der Waals surface area (Å²) >= 11 is 0. The van der Waals surface area contributed by atoms with Crippen molar-refractivity contribution < 1.29 is 4.42 Å². The van der Waals surface area contributed by atoms with Crippen molar-refractivity contribution in [1.29, 1.82) is 0 Å². The van der Waals surface area contributed by atoms with Gasteiger partial charge in [0.1, 0.15) is 12.1 Å². The van der Waals surface area contributed by atoms with Crippen LogP contribution in [0.3, 0.4) is 0 Å². The standard InChI is InChI=1S/C12H12N4O/c1-8-2-3-11-10(4-8)15-12(17-11)7-16-6-9(13)5-14-16/h2-6H,7,13H2,1H3. The third-order valence-corrected chi connectivity index (χ3v) is 2.54. The maximum absolute atomic E-state index is 5.62. The summed E-state index contributed by atoms with van der Waals surface area (Å²) in [7, 11) is 0. The Balaban J connectivity index is 1.95. The molecule has 17 heavy (non-hydrogen) atoms. The number of oxazole rings is 1. The highest BCUT2D eigenvalue weighted by atomic mass is 16.3. The molecule has 0 fully saturated rings. The summed E-state index contributed by atoms with van der Waals surface area (Å²) in [5.41, 5.74) is 9.07. The van der Waals surface area contributed by atoms with Crippen LogP contribution in [0.2, 0.25) is 0 Å². The Morgan fingerprint density at radius 3 is 3.06 bits per heavy atom. The van der Waals surface area contributed by atoms with Gasteiger partial charge in [-0.1, -0.05) is 6.07 Å². The monoisotopic (exact) mass is 228 g/mol. The van der Waals surface area contributed by atoms with Gasteiger partial charge in [-0.15, -0.1) is 0 Å². The molecular weight excluding hydrogens is 216 g/mol. The lowest BCUT2D eigenvalue weighted by Crippen LogP contribution is -1.99. The molecule has 1 aromatic carbocycles. The number of nitrogens with zero attached hydrogens (tertiary/aromatic N) is 3. The summed E-state index contributed by atoms with van der Waals surface area (Å²) in [4.78, 5) is 4.41. The van der Waals surface area contributed by atoms with Gasteiger partial charge in [0, 0.05) is 6.20 Å². The largest absolute Gasteiger partial charge is 0.439 e. The smallest absolute Gasteiger partial charge is 0.217 e. The van der Waals surface area contributed by atoms with E-state index in [-0.39, 0.29) is 0 Å². The number of hydrogen-bond acceptors (Lipinski definition) is 4. The van der Waals surface area contributed by atoms with Crippen LogP contribution in [0, 0.1) is 6.92 Å². The summed E-state index contributed by atoms with van der Waals surface area (Å²) in [6.45, 7) is 2.52. The Morgan fingerprint density at radius 1 is 1.41 bits per heavy atom. The van der Waals surface area contributed by atoms with Gasteiger partial charge in [0.2, 0.25) is 5.89 Å². The highest BCUT2D eigenvalue weighted by Crippen LogP contribution is 2.17. The Kier molecular flexibility index (Phi) is 2.11. The summed E-state index contributed by atoms with van der Waals surface area (Å²) < 4.78 is 7.32. The van der Waals surface area contributed by atoms with Gasteiger partial charge in [0.15, 0.2) is 5.58 Å². The minimum Gasteiger partial charge on any atom is -0.439 e. The van der Waals surface area contributed by atoms with E-state index in [4.69, 9.17) is 10.2 Å². The second-order valence-electron chi connectivity index (χ2n) is 4.05. The Morgan fingerprint density at radius 2 is 2.29 bits per heavy atom. The lowest BCUT2D eigenvalue weighted by Gasteiger charge is -1.94. The molecule has 0 saturated carbocycles. The van der Waals surface area contributed by atoms with Gasteiger partial charge in [-0.2, -0.15) is 5.10 Å². The molecule has 0 aliphatic rings. The fourth-order valence-electron chi connectivity index (χ4n) is 1.76. The van der Waals surface area contributed by atoms with Crippen LogP contribution < -0.4 is 5.73 Å². The van der Waals surface area contributed by atoms with Crippen molar-refractivity contribution in [3.63, 3.8) is 0 Å². The van der Waals surface area contributed by atoms with E-state index >= 15 is 0 Å². The number of rotatable bonds is 2. The SMILES string of the molecule is Cc1ccc2oc(Cn3cc(N)cn3)nc2c1. The van der Waals surface area contributed by atoms with Crippen LogP contribution in [0.1, 0.15) is 11.5 Å². The van der Waals surface area contributed by atoms with E-state index in [0.29, 0.717) is 18.1 Å². The molecule has 0 amide bonds. The van der Waals surface area contributed by atoms with Gasteiger partial charge in [0.25, 0.3) is 0 Å². The first-order valence-electron chi connectivity index (χ1n) is 5.35. The number of nitrogen functional groups attached to an aromatic ring is 1. The molecule has 3 aromatic rings. The number of nitrogens with two attached hydrogens (primary N) is 1. The van der Waals surface area contributed by atoms with E-state index < -0.39 is 0 Å². The van der Waals surface area contributed by atoms with E-state index in [0.717, 1.165) is 11.1 Å². The summed E-state index contributed by atoms with van der Waals surface area (Å²) in [5, 5.41) is 4.09. The molecule has 0 aliphatic heterocycles. The number of aryl methyl sites for hydroxylation is 1. The van der Waals surface area contributed by atoms with E-state index in [1.54, 1.807) is 17.1 Å². The second kappa shape index (κ2) is 3.62. The summed E-state index contributed by atoms with van der Waals surface area (Å²) in [5.74, 6) is 0.633. The Bertz CT molecular complexity index is 668. The van der Waals surface area contributed by atoms with Crippen LogP contribution in [-0.4, -0.2) is 14.8 Å².